The first-order valence-electron chi connectivity index (χ1n) is 8.62. The van der Waals surface area contributed by atoms with Crippen molar-refractivity contribution in [3.63, 3.8) is 0 Å². The second-order valence-electron chi connectivity index (χ2n) is 6.75. The van der Waals surface area contributed by atoms with Crippen LogP contribution in [0.25, 0.3) is 0 Å². The van der Waals surface area contributed by atoms with Crippen LogP contribution in [-0.4, -0.2) is 53.2 Å². The molecule has 0 aromatic heterocycles. The Hall–Kier alpha value is -0.350. The third-order valence-electron chi connectivity index (χ3n) is 5.38. The molecule has 0 amide bonds. The molecule has 1 aliphatic heterocycles. The molecule has 114 valence electrons. The maximum atomic E-state index is 5.60. The molecule has 1 saturated heterocycles. The highest BCUT2D eigenvalue weighted by Gasteiger charge is 2.26. The summed E-state index contributed by atoms with van der Waals surface area (Å²) < 4.78 is 0. The van der Waals surface area contributed by atoms with E-state index in [0.717, 1.165) is 24.2 Å². The minimum absolute atomic E-state index is 0.652. The van der Waals surface area contributed by atoms with Gasteiger partial charge in [-0.3, -0.25) is 4.90 Å². The van der Waals surface area contributed by atoms with Crippen molar-refractivity contribution >= 4 is 17.3 Å². The minimum Gasteiger partial charge on any atom is -0.360 e. The van der Waals surface area contributed by atoms with E-state index < -0.39 is 0 Å². The van der Waals surface area contributed by atoms with Crippen LogP contribution in [0, 0.1) is 0 Å². The number of piperazine rings is 1. The van der Waals surface area contributed by atoms with Gasteiger partial charge in [0.15, 0.2) is 5.11 Å². The number of hydrogen-bond acceptors (Lipinski definition) is 2. The normalized spacial score (nSPS) is 26.9. The summed E-state index contributed by atoms with van der Waals surface area (Å²) in [5.74, 6) is 0. The van der Waals surface area contributed by atoms with Crippen molar-refractivity contribution in [3.8, 4) is 0 Å². The van der Waals surface area contributed by atoms with Crippen LogP contribution in [0.3, 0.4) is 0 Å². The van der Waals surface area contributed by atoms with E-state index in [0.29, 0.717) is 6.04 Å². The van der Waals surface area contributed by atoms with Gasteiger partial charge in [0, 0.05) is 38.3 Å². The first kappa shape index (κ1) is 14.6. The van der Waals surface area contributed by atoms with Crippen LogP contribution < -0.4 is 5.32 Å². The molecule has 0 unspecified atom stereocenters. The number of nitrogens with zero attached hydrogens (tertiary/aromatic N) is 2. The monoisotopic (exact) mass is 295 g/mol. The van der Waals surface area contributed by atoms with Gasteiger partial charge >= 0.3 is 0 Å². The number of rotatable bonds is 2. The molecule has 3 rings (SSSR count). The number of thiocarbonyl (C=S) groups is 1. The highest BCUT2D eigenvalue weighted by molar-refractivity contribution is 7.80. The highest BCUT2D eigenvalue weighted by Crippen LogP contribution is 2.23. The predicted molar refractivity (Wildman–Crippen MR) is 88.0 cm³/mol. The second kappa shape index (κ2) is 7.08. The smallest absolute Gasteiger partial charge is 0.169 e. The van der Waals surface area contributed by atoms with E-state index in [9.17, 15) is 0 Å². The molecule has 0 bridgehead atoms. The molecule has 1 N–H and O–H groups in total. The van der Waals surface area contributed by atoms with Crippen LogP contribution in [0.5, 0.6) is 0 Å². The summed E-state index contributed by atoms with van der Waals surface area (Å²) in [6, 6.07) is 1.51. The molecule has 3 nitrogen and oxygen atoms in total. The minimum atomic E-state index is 0.652. The Bertz CT molecular complexity index is 314. The molecule has 3 fully saturated rings. The molecule has 4 heteroatoms. The van der Waals surface area contributed by atoms with Crippen LogP contribution in [0.15, 0.2) is 0 Å². The van der Waals surface area contributed by atoms with Crippen molar-refractivity contribution in [2.45, 2.75) is 69.9 Å². The SMILES string of the molecule is S=C(NC1CCCC1)N1CCN(C2CCCCC2)CC1. The lowest BCUT2D eigenvalue weighted by Crippen LogP contribution is -2.55. The summed E-state index contributed by atoms with van der Waals surface area (Å²) in [6.07, 6.45) is 12.5. The average molecular weight is 295 g/mol. The van der Waals surface area contributed by atoms with Gasteiger partial charge in [-0.05, 0) is 37.9 Å². The molecule has 0 radical (unpaired) electrons. The van der Waals surface area contributed by atoms with Crippen molar-refractivity contribution in [1.29, 1.82) is 0 Å². The largest absolute Gasteiger partial charge is 0.360 e. The molecule has 0 spiro atoms. The molecule has 20 heavy (non-hydrogen) atoms. The average Bonchev–Trinajstić information content (AvgIpc) is 3.01. The van der Waals surface area contributed by atoms with Gasteiger partial charge in [0.1, 0.15) is 0 Å². The van der Waals surface area contributed by atoms with Crippen LogP contribution in [0.2, 0.25) is 0 Å². The van der Waals surface area contributed by atoms with Gasteiger partial charge in [0.05, 0.1) is 0 Å². The molecule has 0 atom stereocenters. The first-order chi connectivity index (χ1) is 9.83. The van der Waals surface area contributed by atoms with Gasteiger partial charge < -0.3 is 10.2 Å². The van der Waals surface area contributed by atoms with Crippen LogP contribution in [-0.2, 0) is 0 Å². The van der Waals surface area contributed by atoms with Gasteiger partial charge in [-0.25, -0.2) is 0 Å². The molecule has 0 aromatic rings. The van der Waals surface area contributed by atoms with Crippen LogP contribution >= 0.6 is 12.2 Å². The predicted octanol–water partition coefficient (Wildman–Crippen LogP) is 2.75. The Morgan fingerprint density at radius 3 is 2.05 bits per heavy atom. The van der Waals surface area contributed by atoms with Gasteiger partial charge in [0.25, 0.3) is 0 Å². The van der Waals surface area contributed by atoms with Gasteiger partial charge in [0.2, 0.25) is 0 Å². The zero-order valence-corrected chi connectivity index (χ0v) is 13.5. The topological polar surface area (TPSA) is 18.5 Å². The zero-order valence-electron chi connectivity index (χ0n) is 12.6. The molecule has 0 aromatic carbocycles. The van der Waals surface area contributed by atoms with Crippen molar-refractivity contribution < 1.29 is 0 Å². The van der Waals surface area contributed by atoms with Gasteiger partial charge in [-0.1, -0.05) is 32.1 Å². The summed E-state index contributed by atoms with van der Waals surface area (Å²) in [7, 11) is 0. The summed E-state index contributed by atoms with van der Waals surface area (Å²) in [5, 5.41) is 4.60. The maximum Gasteiger partial charge on any atom is 0.169 e. The molecule has 3 aliphatic rings. The van der Waals surface area contributed by atoms with E-state index in [1.165, 1.54) is 70.9 Å². The summed E-state index contributed by atoms with van der Waals surface area (Å²) >= 11 is 5.60. The van der Waals surface area contributed by atoms with Crippen molar-refractivity contribution in [2.24, 2.45) is 0 Å². The van der Waals surface area contributed by atoms with Crippen molar-refractivity contribution in [2.75, 3.05) is 26.2 Å². The zero-order chi connectivity index (χ0) is 13.8. The number of nitrogens with one attached hydrogen (secondary N) is 1. The van der Waals surface area contributed by atoms with Crippen molar-refractivity contribution in [3.05, 3.63) is 0 Å². The Kier molecular flexibility index (Phi) is 5.16. The molecular formula is C16H29N3S. The van der Waals surface area contributed by atoms with Gasteiger partial charge in [-0.15, -0.1) is 0 Å². The summed E-state index contributed by atoms with van der Waals surface area (Å²) in [6.45, 7) is 4.65. The molecular weight excluding hydrogens is 266 g/mol. The van der Waals surface area contributed by atoms with E-state index in [1.54, 1.807) is 0 Å². The summed E-state index contributed by atoms with van der Waals surface area (Å²) in [5.41, 5.74) is 0. The highest BCUT2D eigenvalue weighted by atomic mass is 32.1. The lowest BCUT2D eigenvalue weighted by atomic mass is 9.94. The lowest BCUT2D eigenvalue weighted by molar-refractivity contribution is 0.106. The third-order valence-corrected chi connectivity index (χ3v) is 5.75. The van der Waals surface area contributed by atoms with E-state index in [2.05, 4.69) is 15.1 Å². The Morgan fingerprint density at radius 2 is 1.40 bits per heavy atom. The second-order valence-corrected chi connectivity index (χ2v) is 7.13. The maximum absolute atomic E-state index is 5.60. The Labute approximate surface area is 129 Å². The van der Waals surface area contributed by atoms with E-state index in [1.807, 2.05) is 0 Å². The fourth-order valence-corrected chi connectivity index (χ4v) is 4.42. The summed E-state index contributed by atoms with van der Waals surface area (Å²) in [4.78, 5) is 5.11. The van der Waals surface area contributed by atoms with Crippen LogP contribution in [0.4, 0.5) is 0 Å². The van der Waals surface area contributed by atoms with Crippen molar-refractivity contribution in [1.82, 2.24) is 15.1 Å². The first-order valence-corrected chi connectivity index (χ1v) is 9.03. The molecule has 2 saturated carbocycles. The Morgan fingerprint density at radius 1 is 0.800 bits per heavy atom. The fraction of sp³-hybridized carbons (Fsp3) is 0.938. The fourth-order valence-electron chi connectivity index (χ4n) is 4.07. The lowest BCUT2D eigenvalue weighted by Gasteiger charge is -2.41. The third kappa shape index (κ3) is 3.64. The van der Waals surface area contributed by atoms with E-state index >= 15 is 0 Å². The van der Waals surface area contributed by atoms with Gasteiger partial charge in [-0.2, -0.15) is 0 Å². The van der Waals surface area contributed by atoms with E-state index in [-0.39, 0.29) is 0 Å². The number of hydrogen-bond donors (Lipinski definition) is 1. The van der Waals surface area contributed by atoms with E-state index in [4.69, 9.17) is 12.2 Å². The standard InChI is InChI=1S/C16H29N3S/c20-16(17-14-6-4-5-7-14)19-12-10-18(11-13-19)15-8-2-1-3-9-15/h14-15H,1-13H2,(H,17,20). The Balaban J connectivity index is 1.41. The molecule has 1 heterocycles. The quantitative estimate of drug-likeness (QED) is 0.789. The molecule has 2 aliphatic carbocycles. The van der Waals surface area contributed by atoms with Crippen LogP contribution in [0.1, 0.15) is 57.8 Å².